The van der Waals surface area contributed by atoms with Gasteiger partial charge in [0.15, 0.2) is 5.78 Å². The summed E-state index contributed by atoms with van der Waals surface area (Å²) in [6.45, 7) is 2.53. The van der Waals surface area contributed by atoms with Gasteiger partial charge in [-0.15, -0.1) is 11.3 Å². The maximum absolute atomic E-state index is 11.5. The topological polar surface area (TPSA) is 29.1 Å². The van der Waals surface area contributed by atoms with Crippen LogP contribution in [-0.4, -0.2) is 18.4 Å². The maximum Gasteiger partial charge on any atom is 0.186 e. The van der Waals surface area contributed by atoms with Crippen LogP contribution < -0.4 is 5.32 Å². The van der Waals surface area contributed by atoms with Crippen molar-refractivity contribution < 1.29 is 4.79 Å². The summed E-state index contributed by atoms with van der Waals surface area (Å²) in [5.41, 5.74) is 0. The minimum absolute atomic E-state index is 0.227. The van der Waals surface area contributed by atoms with Gasteiger partial charge in [0.05, 0.1) is 11.4 Å². The van der Waals surface area contributed by atoms with Gasteiger partial charge in [0, 0.05) is 10.9 Å². The van der Waals surface area contributed by atoms with E-state index in [0.29, 0.717) is 12.6 Å². The third kappa shape index (κ3) is 2.39. The second-order valence-corrected chi connectivity index (χ2v) is 4.78. The Hall–Kier alpha value is -0.670. The number of ketones is 1. The molecule has 1 aromatic heterocycles. The Morgan fingerprint density at radius 3 is 2.92 bits per heavy atom. The fraction of sp³-hybridized carbons (Fsp3) is 0.500. The highest BCUT2D eigenvalue weighted by Gasteiger charge is 2.21. The van der Waals surface area contributed by atoms with Gasteiger partial charge in [-0.2, -0.15) is 0 Å². The van der Waals surface area contributed by atoms with Crippen molar-refractivity contribution in [2.45, 2.75) is 25.8 Å². The van der Waals surface area contributed by atoms with Crippen LogP contribution in [0.15, 0.2) is 12.1 Å². The number of Topliss-reactive ketones (excluding diaryl/α,β-unsaturated/α-hetero) is 1. The summed E-state index contributed by atoms with van der Waals surface area (Å²) >= 11 is 1.58. The van der Waals surface area contributed by atoms with E-state index in [1.165, 1.54) is 17.7 Å². The van der Waals surface area contributed by atoms with Gasteiger partial charge in [0.1, 0.15) is 0 Å². The minimum Gasteiger partial charge on any atom is -0.307 e. The highest BCUT2D eigenvalue weighted by Crippen LogP contribution is 2.19. The first kappa shape index (κ1) is 8.91. The van der Waals surface area contributed by atoms with Crippen molar-refractivity contribution in [1.29, 1.82) is 0 Å². The van der Waals surface area contributed by atoms with Gasteiger partial charge in [-0.05, 0) is 31.9 Å². The van der Waals surface area contributed by atoms with Crippen molar-refractivity contribution in [2.24, 2.45) is 0 Å². The molecule has 0 aliphatic heterocycles. The summed E-state index contributed by atoms with van der Waals surface area (Å²) in [5.74, 6) is 0.227. The number of carbonyl (C=O) groups is 1. The van der Waals surface area contributed by atoms with Gasteiger partial charge >= 0.3 is 0 Å². The molecule has 0 saturated heterocycles. The molecule has 70 valence electrons. The average molecular weight is 195 g/mol. The summed E-state index contributed by atoms with van der Waals surface area (Å²) in [4.78, 5) is 13.6. The normalized spacial score (nSPS) is 16.1. The van der Waals surface area contributed by atoms with Gasteiger partial charge in [0.25, 0.3) is 0 Å². The molecule has 2 nitrogen and oxygen atoms in total. The SMILES string of the molecule is Cc1ccc(C(=O)CNC2CC2)s1. The van der Waals surface area contributed by atoms with Crippen LogP contribution in [0.2, 0.25) is 0 Å². The molecule has 0 bridgehead atoms. The molecule has 0 atom stereocenters. The Balaban J connectivity index is 1.88. The van der Waals surface area contributed by atoms with E-state index in [4.69, 9.17) is 0 Å². The van der Waals surface area contributed by atoms with Crippen LogP contribution >= 0.6 is 11.3 Å². The van der Waals surface area contributed by atoms with Crippen LogP contribution in [-0.2, 0) is 0 Å². The van der Waals surface area contributed by atoms with Crippen molar-refractivity contribution >= 4 is 17.1 Å². The molecule has 1 aliphatic rings. The molecular formula is C10H13NOS. The number of thiophene rings is 1. The van der Waals surface area contributed by atoms with Gasteiger partial charge in [0.2, 0.25) is 0 Å². The molecule has 1 saturated carbocycles. The maximum atomic E-state index is 11.5. The zero-order valence-corrected chi connectivity index (χ0v) is 8.49. The van der Waals surface area contributed by atoms with Crippen molar-refractivity contribution in [2.75, 3.05) is 6.54 Å². The first-order valence-corrected chi connectivity index (χ1v) is 5.40. The van der Waals surface area contributed by atoms with E-state index >= 15 is 0 Å². The number of nitrogens with one attached hydrogen (secondary N) is 1. The van der Waals surface area contributed by atoms with Gasteiger partial charge < -0.3 is 5.32 Å². The van der Waals surface area contributed by atoms with Crippen molar-refractivity contribution in [3.8, 4) is 0 Å². The Bertz CT molecular complexity index is 314. The van der Waals surface area contributed by atoms with E-state index in [2.05, 4.69) is 5.32 Å². The Kier molecular flexibility index (Phi) is 2.47. The van der Waals surface area contributed by atoms with E-state index in [1.54, 1.807) is 11.3 Å². The lowest BCUT2D eigenvalue weighted by Gasteiger charge is -1.98. The Labute approximate surface area is 82.0 Å². The summed E-state index contributed by atoms with van der Waals surface area (Å²) in [7, 11) is 0. The summed E-state index contributed by atoms with van der Waals surface area (Å²) in [6, 6.07) is 4.52. The third-order valence-corrected chi connectivity index (χ3v) is 3.19. The molecule has 1 aliphatic carbocycles. The first-order valence-electron chi connectivity index (χ1n) is 4.59. The number of aryl methyl sites for hydroxylation is 1. The van der Waals surface area contributed by atoms with E-state index in [9.17, 15) is 4.79 Å². The highest BCUT2D eigenvalue weighted by atomic mass is 32.1. The number of carbonyl (C=O) groups excluding carboxylic acids is 1. The van der Waals surface area contributed by atoms with Crippen LogP contribution in [0, 0.1) is 6.92 Å². The number of rotatable bonds is 4. The zero-order chi connectivity index (χ0) is 9.26. The second kappa shape index (κ2) is 3.60. The third-order valence-electron chi connectivity index (χ3n) is 2.14. The largest absolute Gasteiger partial charge is 0.307 e. The molecule has 13 heavy (non-hydrogen) atoms. The molecule has 0 radical (unpaired) electrons. The second-order valence-electron chi connectivity index (χ2n) is 3.49. The molecule has 1 N–H and O–H groups in total. The van der Waals surface area contributed by atoms with Crippen LogP contribution in [0.1, 0.15) is 27.4 Å². The molecule has 0 spiro atoms. The number of hydrogen-bond acceptors (Lipinski definition) is 3. The molecule has 0 unspecified atom stereocenters. The molecule has 0 amide bonds. The Morgan fingerprint density at radius 2 is 2.38 bits per heavy atom. The standard InChI is InChI=1S/C10H13NOS/c1-7-2-5-10(13-7)9(12)6-11-8-3-4-8/h2,5,8,11H,3-4,6H2,1H3. The van der Waals surface area contributed by atoms with Gasteiger partial charge in [-0.1, -0.05) is 0 Å². The lowest BCUT2D eigenvalue weighted by molar-refractivity contribution is 0.0994. The molecule has 2 rings (SSSR count). The van der Waals surface area contributed by atoms with Crippen molar-refractivity contribution in [1.82, 2.24) is 5.32 Å². The summed E-state index contributed by atoms with van der Waals surface area (Å²) in [6.07, 6.45) is 2.47. The predicted octanol–water partition coefficient (Wildman–Crippen LogP) is 1.99. The van der Waals surface area contributed by atoms with Crippen LogP contribution in [0.3, 0.4) is 0 Å². The molecule has 0 aromatic carbocycles. The van der Waals surface area contributed by atoms with Gasteiger partial charge in [-0.3, -0.25) is 4.79 Å². The molecule has 3 heteroatoms. The zero-order valence-electron chi connectivity index (χ0n) is 7.67. The van der Waals surface area contributed by atoms with E-state index in [0.717, 1.165) is 4.88 Å². The molecule has 1 fully saturated rings. The van der Waals surface area contributed by atoms with E-state index in [-0.39, 0.29) is 5.78 Å². The summed E-state index contributed by atoms with van der Waals surface area (Å²) < 4.78 is 0. The summed E-state index contributed by atoms with van der Waals surface area (Å²) in [5, 5.41) is 3.22. The predicted molar refractivity (Wildman–Crippen MR) is 54.4 cm³/mol. The first-order chi connectivity index (χ1) is 6.25. The van der Waals surface area contributed by atoms with Gasteiger partial charge in [-0.25, -0.2) is 0 Å². The van der Waals surface area contributed by atoms with Crippen molar-refractivity contribution in [3.05, 3.63) is 21.9 Å². The monoisotopic (exact) mass is 195 g/mol. The van der Waals surface area contributed by atoms with E-state index in [1.807, 2.05) is 19.1 Å². The van der Waals surface area contributed by atoms with Crippen LogP contribution in [0.5, 0.6) is 0 Å². The smallest absolute Gasteiger partial charge is 0.186 e. The fourth-order valence-corrected chi connectivity index (χ4v) is 2.00. The highest BCUT2D eigenvalue weighted by molar-refractivity contribution is 7.14. The average Bonchev–Trinajstić information content (AvgIpc) is 2.84. The van der Waals surface area contributed by atoms with Crippen molar-refractivity contribution in [3.63, 3.8) is 0 Å². The lowest BCUT2D eigenvalue weighted by atomic mass is 10.3. The minimum atomic E-state index is 0.227. The number of hydrogen-bond donors (Lipinski definition) is 1. The fourth-order valence-electron chi connectivity index (χ4n) is 1.20. The molecule has 1 aromatic rings. The van der Waals surface area contributed by atoms with E-state index < -0.39 is 0 Å². The quantitative estimate of drug-likeness (QED) is 0.744. The molecule has 1 heterocycles. The van der Waals surface area contributed by atoms with Crippen LogP contribution in [0.4, 0.5) is 0 Å². The molecular weight excluding hydrogens is 182 g/mol. The Morgan fingerprint density at radius 1 is 1.62 bits per heavy atom. The van der Waals surface area contributed by atoms with Crippen LogP contribution in [0.25, 0.3) is 0 Å². The lowest BCUT2D eigenvalue weighted by Crippen LogP contribution is -2.24.